The molecular weight excluding hydrogens is 496 g/mol. The number of aryl methyl sites for hydroxylation is 2. The summed E-state index contributed by atoms with van der Waals surface area (Å²) in [6.45, 7) is 6.42. The van der Waals surface area contributed by atoms with Gasteiger partial charge in [0.25, 0.3) is 0 Å². The Balaban J connectivity index is 1.60. The number of aromatic hydroxyl groups is 1. The zero-order valence-electron chi connectivity index (χ0n) is 21.1. The molecule has 0 amide bonds. The van der Waals surface area contributed by atoms with Gasteiger partial charge in [-0.1, -0.05) is 18.2 Å². The zero-order valence-corrected chi connectivity index (χ0v) is 22.0. The molecule has 0 bridgehead atoms. The van der Waals surface area contributed by atoms with Gasteiger partial charge < -0.3 is 25.4 Å². The fourth-order valence-electron chi connectivity index (χ4n) is 4.04. The molecule has 0 aromatic heterocycles. The molecule has 10 heteroatoms. The van der Waals surface area contributed by atoms with Crippen LogP contribution in [0.2, 0.25) is 0 Å². The number of carboxylic acids is 1. The molecular formula is C27H32N2O7S. The second-order valence-electron chi connectivity index (χ2n) is 9.01. The predicted molar refractivity (Wildman–Crippen MR) is 143 cm³/mol. The Morgan fingerprint density at radius 2 is 1.70 bits per heavy atom. The number of carbonyl (C=O) groups is 1. The molecule has 5 N–H and O–H groups in total. The fourth-order valence-corrected chi connectivity index (χ4v) is 4.60. The van der Waals surface area contributed by atoms with Crippen LogP contribution in [-0.2, 0) is 10.0 Å². The Bertz CT molecular complexity index is 1370. The average molecular weight is 529 g/mol. The highest BCUT2D eigenvalue weighted by Gasteiger charge is 2.18. The van der Waals surface area contributed by atoms with Gasteiger partial charge in [-0.25, -0.2) is 13.2 Å². The molecule has 3 rings (SSSR count). The van der Waals surface area contributed by atoms with E-state index in [-0.39, 0.29) is 23.0 Å². The number of aromatic carboxylic acids is 1. The van der Waals surface area contributed by atoms with Crippen molar-refractivity contribution in [2.24, 2.45) is 0 Å². The average Bonchev–Trinajstić information content (AvgIpc) is 2.83. The molecule has 3 aromatic rings. The van der Waals surface area contributed by atoms with Crippen molar-refractivity contribution in [3.05, 3.63) is 76.9 Å². The molecule has 0 aliphatic carbocycles. The van der Waals surface area contributed by atoms with E-state index in [4.69, 9.17) is 4.74 Å². The van der Waals surface area contributed by atoms with Crippen molar-refractivity contribution in [1.82, 2.24) is 5.32 Å². The number of hydrogen-bond acceptors (Lipinski definition) is 7. The molecule has 0 aliphatic heterocycles. The molecule has 0 saturated carbocycles. The first-order valence-electron chi connectivity index (χ1n) is 11.7. The third-order valence-corrected chi connectivity index (χ3v) is 6.44. The quantitative estimate of drug-likeness (QED) is 0.186. The van der Waals surface area contributed by atoms with Gasteiger partial charge in [-0.15, -0.1) is 0 Å². The second kappa shape index (κ2) is 11.6. The molecule has 3 aromatic carbocycles. The molecule has 9 nitrogen and oxygen atoms in total. The van der Waals surface area contributed by atoms with Crippen LogP contribution in [0.15, 0.2) is 54.6 Å². The molecule has 37 heavy (non-hydrogen) atoms. The maximum Gasteiger partial charge on any atom is 0.335 e. The van der Waals surface area contributed by atoms with Gasteiger partial charge in [0, 0.05) is 12.6 Å². The van der Waals surface area contributed by atoms with Crippen molar-refractivity contribution in [1.29, 1.82) is 0 Å². The highest BCUT2D eigenvalue weighted by atomic mass is 32.2. The summed E-state index contributed by atoms with van der Waals surface area (Å²) in [6, 6.07) is 14.6. The van der Waals surface area contributed by atoms with Crippen molar-refractivity contribution in [2.75, 3.05) is 24.1 Å². The Hall–Kier alpha value is -3.60. The summed E-state index contributed by atoms with van der Waals surface area (Å²) < 4.78 is 31.2. The number of aliphatic hydroxyl groups is 1. The molecule has 2 atom stereocenters. The predicted octanol–water partition coefficient (Wildman–Crippen LogP) is 3.84. The lowest BCUT2D eigenvalue weighted by Gasteiger charge is -2.22. The summed E-state index contributed by atoms with van der Waals surface area (Å²) in [5.74, 6) is -0.469. The monoisotopic (exact) mass is 528 g/mol. The Kier molecular flexibility index (Phi) is 8.80. The van der Waals surface area contributed by atoms with Crippen LogP contribution in [0.25, 0.3) is 11.1 Å². The standard InChI is InChI=1S/C27H32N2O7S/c1-16-12-22(19-6-5-7-21(14-19)27(32)33)13-17(2)26(16)36-11-10-28-18(3)25(31)20-8-9-24(30)23(15-20)29-37(4,34)35/h5-9,12-15,18,25,28-31H,10-11H2,1-4H3,(H,32,33)/t18-,25+/m0/s1. The van der Waals surface area contributed by atoms with E-state index in [9.17, 15) is 28.5 Å². The Morgan fingerprint density at radius 1 is 1.03 bits per heavy atom. The molecule has 0 heterocycles. The van der Waals surface area contributed by atoms with E-state index in [0.29, 0.717) is 18.7 Å². The van der Waals surface area contributed by atoms with Crippen LogP contribution >= 0.6 is 0 Å². The van der Waals surface area contributed by atoms with Gasteiger partial charge in [-0.2, -0.15) is 0 Å². The molecule has 0 fully saturated rings. The molecule has 198 valence electrons. The maximum absolute atomic E-state index is 11.5. The van der Waals surface area contributed by atoms with Crippen LogP contribution in [0.1, 0.15) is 40.1 Å². The van der Waals surface area contributed by atoms with Crippen molar-refractivity contribution in [3.63, 3.8) is 0 Å². The number of phenolic OH excluding ortho intramolecular Hbond substituents is 1. The first-order valence-corrected chi connectivity index (χ1v) is 13.5. The minimum Gasteiger partial charge on any atom is -0.506 e. The van der Waals surface area contributed by atoms with Gasteiger partial charge in [-0.3, -0.25) is 4.72 Å². The number of nitrogens with one attached hydrogen (secondary N) is 2. The number of benzene rings is 3. The third-order valence-electron chi connectivity index (χ3n) is 5.85. The lowest BCUT2D eigenvalue weighted by molar-refractivity contribution is 0.0697. The second-order valence-corrected chi connectivity index (χ2v) is 10.8. The van der Waals surface area contributed by atoms with Gasteiger partial charge in [0.05, 0.1) is 23.6 Å². The summed E-state index contributed by atoms with van der Waals surface area (Å²) >= 11 is 0. The number of rotatable bonds is 11. The number of anilines is 1. The van der Waals surface area contributed by atoms with E-state index in [0.717, 1.165) is 34.3 Å². The van der Waals surface area contributed by atoms with Gasteiger partial charge in [0.2, 0.25) is 10.0 Å². The summed E-state index contributed by atoms with van der Waals surface area (Å²) in [4.78, 5) is 11.3. The highest BCUT2D eigenvalue weighted by Crippen LogP contribution is 2.31. The first kappa shape index (κ1) is 28.0. The SMILES string of the molecule is Cc1cc(-c2cccc(C(=O)O)c2)cc(C)c1OCCN[C@@H](C)[C@@H](O)c1ccc(O)c(NS(C)(=O)=O)c1. The molecule has 0 spiro atoms. The van der Waals surface area contributed by atoms with Gasteiger partial charge in [0.15, 0.2) is 0 Å². The lowest BCUT2D eigenvalue weighted by atomic mass is 9.98. The topological polar surface area (TPSA) is 145 Å². The van der Waals surface area contributed by atoms with Crippen molar-refractivity contribution in [3.8, 4) is 22.6 Å². The van der Waals surface area contributed by atoms with Gasteiger partial charge >= 0.3 is 5.97 Å². The van der Waals surface area contributed by atoms with Crippen molar-refractivity contribution >= 4 is 21.7 Å². The van der Waals surface area contributed by atoms with E-state index >= 15 is 0 Å². The van der Waals surface area contributed by atoms with Crippen LogP contribution in [0.5, 0.6) is 11.5 Å². The van der Waals surface area contributed by atoms with Crippen molar-refractivity contribution < 1.29 is 33.3 Å². The van der Waals surface area contributed by atoms with Gasteiger partial charge in [0.1, 0.15) is 18.1 Å². The smallest absolute Gasteiger partial charge is 0.335 e. The summed E-state index contributed by atoms with van der Waals surface area (Å²) in [5.41, 5.74) is 4.21. The van der Waals surface area contributed by atoms with E-state index in [2.05, 4.69) is 10.0 Å². The number of carboxylic acid groups (broad SMARTS) is 1. The zero-order chi connectivity index (χ0) is 27.3. The number of phenols is 1. The highest BCUT2D eigenvalue weighted by molar-refractivity contribution is 7.92. The minimum atomic E-state index is -3.58. The molecule has 0 unspecified atom stereocenters. The van der Waals surface area contributed by atoms with E-state index in [1.54, 1.807) is 25.1 Å². The Morgan fingerprint density at radius 3 is 2.32 bits per heavy atom. The van der Waals surface area contributed by atoms with Crippen LogP contribution in [0, 0.1) is 13.8 Å². The fraction of sp³-hybridized carbons (Fsp3) is 0.296. The van der Waals surface area contributed by atoms with E-state index in [1.807, 2.05) is 32.0 Å². The van der Waals surface area contributed by atoms with Crippen LogP contribution in [0.3, 0.4) is 0 Å². The van der Waals surface area contributed by atoms with E-state index < -0.39 is 22.1 Å². The lowest BCUT2D eigenvalue weighted by Crippen LogP contribution is -2.35. The van der Waals surface area contributed by atoms with E-state index in [1.165, 1.54) is 18.2 Å². The minimum absolute atomic E-state index is 0.00123. The van der Waals surface area contributed by atoms with Crippen LogP contribution in [-0.4, -0.2) is 55.2 Å². The number of sulfonamides is 1. The largest absolute Gasteiger partial charge is 0.506 e. The maximum atomic E-state index is 11.5. The summed E-state index contributed by atoms with van der Waals surface area (Å²) in [5, 5.41) is 33.0. The van der Waals surface area contributed by atoms with Gasteiger partial charge in [-0.05, 0) is 85.0 Å². The number of hydrogen-bond donors (Lipinski definition) is 5. The normalized spacial score (nSPS) is 13.1. The van der Waals surface area contributed by atoms with Crippen LogP contribution < -0.4 is 14.8 Å². The molecule has 0 saturated heterocycles. The summed E-state index contributed by atoms with van der Waals surface area (Å²) in [7, 11) is -3.58. The molecule has 0 aliphatic rings. The number of aliphatic hydroxyl groups excluding tert-OH is 1. The number of ether oxygens (including phenoxy) is 1. The van der Waals surface area contributed by atoms with Crippen molar-refractivity contribution in [2.45, 2.75) is 32.9 Å². The first-order chi connectivity index (χ1) is 17.4. The Labute approximate surface area is 216 Å². The summed E-state index contributed by atoms with van der Waals surface area (Å²) in [6.07, 6.45) is 0.0260. The third kappa shape index (κ3) is 7.45. The molecule has 0 radical (unpaired) electrons. The van der Waals surface area contributed by atoms with Crippen LogP contribution in [0.4, 0.5) is 5.69 Å².